The molecule has 0 unspecified atom stereocenters. The largest absolute Gasteiger partial charge is 0.313 e. The first-order chi connectivity index (χ1) is 5.29. The second kappa shape index (κ2) is 4.73. The standard InChI is InChI=1S/C9H20N2/c1-8(2)11-7-9-5-3-4-6-10-9/h8-11H,3-7H2,1-2H3/t9-/m0/s1. The molecule has 1 aliphatic heterocycles. The molecule has 1 rings (SSSR count). The summed E-state index contributed by atoms with van der Waals surface area (Å²) in [6.45, 7) is 6.74. The third-order valence-electron chi connectivity index (χ3n) is 2.18. The molecule has 2 N–H and O–H groups in total. The van der Waals surface area contributed by atoms with Crippen molar-refractivity contribution in [2.24, 2.45) is 0 Å². The summed E-state index contributed by atoms with van der Waals surface area (Å²) in [5, 5.41) is 6.96. The van der Waals surface area contributed by atoms with Gasteiger partial charge in [-0.3, -0.25) is 0 Å². The van der Waals surface area contributed by atoms with Gasteiger partial charge in [0, 0.05) is 18.6 Å². The number of hydrogen-bond acceptors (Lipinski definition) is 2. The van der Waals surface area contributed by atoms with Crippen molar-refractivity contribution < 1.29 is 0 Å². The van der Waals surface area contributed by atoms with Crippen LogP contribution in [0.25, 0.3) is 0 Å². The molecule has 0 saturated carbocycles. The van der Waals surface area contributed by atoms with Crippen LogP contribution in [-0.2, 0) is 0 Å². The molecule has 11 heavy (non-hydrogen) atoms. The van der Waals surface area contributed by atoms with E-state index >= 15 is 0 Å². The average molecular weight is 156 g/mol. The molecule has 1 aliphatic rings. The summed E-state index contributed by atoms with van der Waals surface area (Å²) in [6, 6.07) is 1.35. The van der Waals surface area contributed by atoms with Crippen LogP contribution in [-0.4, -0.2) is 25.2 Å². The first-order valence-corrected chi connectivity index (χ1v) is 4.76. The lowest BCUT2D eigenvalue weighted by molar-refractivity contribution is 0.374. The van der Waals surface area contributed by atoms with Gasteiger partial charge in [-0.2, -0.15) is 0 Å². The zero-order valence-electron chi connectivity index (χ0n) is 7.69. The molecular weight excluding hydrogens is 136 g/mol. The molecule has 0 radical (unpaired) electrons. The Kier molecular flexibility index (Phi) is 3.87. The van der Waals surface area contributed by atoms with Crippen LogP contribution >= 0.6 is 0 Å². The fourth-order valence-electron chi connectivity index (χ4n) is 1.48. The van der Waals surface area contributed by atoms with Crippen molar-refractivity contribution in [1.29, 1.82) is 0 Å². The fraction of sp³-hybridized carbons (Fsp3) is 1.00. The minimum atomic E-state index is 0.624. The van der Waals surface area contributed by atoms with Crippen molar-refractivity contribution >= 4 is 0 Å². The van der Waals surface area contributed by atoms with E-state index in [1.54, 1.807) is 0 Å². The third-order valence-corrected chi connectivity index (χ3v) is 2.18. The Morgan fingerprint density at radius 3 is 2.82 bits per heavy atom. The van der Waals surface area contributed by atoms with Gasteiger partial charge < -0.3 is 10.6 Å². The van der Waals surface area contributed by atoms with Gasteiger partial charge in [0.05, 0.1) is 0 Å². The average Bonchev–Trinajstić information content (AvgIpc) is 2.03. The molecule has 1 saturated heterocycles. The maximum Gasteiger partial charge on any atom is 0.0192 e. The van der Waals surface area contributed by atoms with Gasteiger partial charge in [-0.15, -0.1) is 0 Å². The molecule has 1 heterocycles. The van der Waals surface area contributed by atoms with Crippen molar-refractivity contribution in [2.45, 2.75) is 45.2 Å². The van der Waals surface area contributed by atoms with Crippen LogP contribution in [0.5, 0.6) is 0 Å². The van der Waals surface area contributed by atoms with Gasteiger partial charge in [0.15, 0.2) is 0 Å². The van der Waals surface area contributed by atoms with Gasteiger partial charge in [-0.05, 0) is 19.4 Å². The van der Waals surface area contributed by atoms with E-state index < -0.39 is 0 Å². The van der Waals surface area contributed by atoms with Gasteiger partial charge in [0.2, 0.25) is 0 Å². The quantitative estimate of drug-likeness (QED) is 0.640. The lowest BCUT2D eigenvalue weighted by Gasteiger charge is -2.24. The summed E-state index contributed by atoms with van der Waals surface area (Å²) in [4.78, 5) is 0. The highest BCUT2D eigenvalue weighted by Crippen LogP contribution is 2.05. The summed E-state index contributed by atoms with van der Waals surface area (Å²) in [6.07, 6.45) is 4.11. The summed E-state index contributed by atoms with van der Waals surface area (Å²) in [5.74, 6) is 0. The molecule has 0 aliphatic carbocycles. The van der Waals surface area contributed by atoms with Crippen LogP contribution in [0.4, 0.5) is 0 Å². The van der Waals surface area contributed by atoms with Crippen LogP contribution in [0.2, 0.25) is 0 Å². The van der Waals surface area contributed by atoms with Crippen LogP contribution in [0.1, 0.15) is 33.1 Å². The van der Waals surface area contributed by atoms with Crippen LogP contribution < -0.4 is 10.6 Å². The Morgan fingerprint density at radius 1 is 1.45 bits per heavy atom. The summed E-state index contributed by atoms with van der Waals surface area (Å²) in [7, 11) is 0. The van der Waals surface area contributed by atoms with E-state index in [1.807, 2.05) is 0 Å². The van der Waals surface area contributed by atoms with Crippen LogP contribution in [0, 0.1) is 0 Å². The Labute approximate surface area is 69.8 Å². The minimum Gasteiger partial charge on any atom is -0.313 e. The topological polar surface area (TPSA) is 24.1 Å². The molecule has 66 valence electrons. The summed E-state index contributed by atoms with van der Waals surface area (Å²) in [5.41, 5.74) is 0. The molecular formula is C9H20N2. The monoisotopic (exact) mass is 156 g/mol. The molecule has 0 aromatic rings. The Morgan fingerprint density at radius 2 is 2.27 bits per heavy atom. The molecule has 1 fully saturated rings. The first-order valence-electron chi connectivity index (χ1n) is 4.76. The normalized spacial score (nSPS) is 25.9. The molecule has 2 nitrogen and oxygen atoms in total. The zero-order chi connectivity index (χ0) is 8.10. The van der Waals surface area contributed by atoms with E-state index in [9.17, 15) is 0 Å². The third kappa shape index (κ3) is 3.73. The molecule has 0 spiro atoms. The highest BCUT2D eigenvalue weighted by atomic mass is 15.0. The van der Waals surface area contributed by atoms with Gasteiger partial charge >= 0.3 is 0 Å². The van der Waals surface area contributed by atoms with Gasteiger partial charge in [0.1, 0.15) is 0 Å². The number of rotatable bonds is 3. The van der Waals surface area contributed by atoms with Crippen molar-refractivity contribution in [1.82, 2.24) is 10.6 Å². The van der Waals surface area contributed by atoms with Crippen LogP contribution in [0.3, 0.4) is 0 Å². The molecule has 0 aromatic carbocycles. The number of piperidine rings is 1. The minimum absolute atomic E-state index is 0.624. The van der Waals surface area contributed by atoms with Gasteiger partial charge in [-0.1, -0.05) is 20.3 Å². The smallest absolute Gasteiger partial charge is 0.0192 e. The molecule has 2 heteroatoms. The summed E-state index contributed by atoms with van der Waals surface area (Å²) >= 11 is 0. The highest BCUT2D eigenvalue weighted by Gasteiger charge is 2.11. The van der Waals surface area contributed by atoms with E-state index in [2.05, 4.69) is 24.5 Å². The van der Waals surface area contributed by atoms with Crippen molar-refractivity contribution in [3.63, 3.8) is 0 Å². The number of nitrogens with one attached hydrogen (secondary N) is 2. The lowest BCUT2D eigenvalue weighted by atomic mass is 10.1. The molecule has 1 atom stereocenters. The van der Waals surface area contributed by atoms with Crippen LogP contribution in [0.15, 0.2) is 0 Å². The van der Waals surface area contributed by atoms with Gasteiger partial charge in [-0.25, -0.2) is 0 Å². The van der Waals surface area contributed by atoms with Crippen molar-refractivity contribution in [3.8, 4) is 0 Å². The second-order valence-corrected chi connectivity index (χ2v) is 3.71. The molecule has 0 aromatic heterocycles. The van der Waals surface area contributed by atoms with Gasteiger partial charge in [0.25, 0.3) is 0 Å². The fourth-order valence-corrected chi connectivity index (χ4v) is 1.48. The maximum atomic E-state index is 3.51. The van der Waals surface area contributed by atoms with Crippen molar-refractivity contribution in [2.75, 3.05) is 13.1 Å². The maximum absolute atomic E-state index is 3.51. The Balaban J connectivity index is 2.05. The number of hydrogen-bond donors (Lipinski definition) is 2. The van der Waals surface area contributed by atoms with E-state index in [0.717, 1.165) is 12.6 Å². The first kappa shape index (κ1) is 9.01. The highest BCUT2D eigenvalue weighted by molar-refractivity contribution is 4.74. The summed E-state index contributed by atoms with van der Waals surface area (Å²) < 4.78 is 0. The Hall–Kier alpha value is -0.0800. The predicted molar refractivity (Wildman–Crippen MR) is 48.8 cm³/mol. The lowest BCUT2D eigenvalue weighted by Crippen LogP contribution is -2.43. The Bertz CT molecular complexity index is 95.7. The van der Waals surface area contributed by atoms with E-state index in [4.69, 9.17) is 0 Å². The predicted octanol–water partition coefficient (Wildman–Crippen LogP) is 1.13. The molecule has 0 bridgehead atoms. The van der Waals surface area contributed by atoms with Crippen molar-refractivity contribution in [3.05, 3.63) is 0 Å². The SMILES string of the molecule is CC(C)NC[C@@H]1CCCCN1. The van der Waals surface area contributed by atoms with E-state index in [1.165, 1.54) is 25.8 Å². The van der Waals surface area contributed by atoms with E-state index in [0.29, 0.717) is 6.04 Å². The molecule has 0 amide bonds. The second-order valence-electron chi connectivity index (χ2n) is 3.71. The van der Waals surface area contributed by atoms with E-state index in [-0.39, 0.29) is 0 Å². The zero-order valence-corrected chi connectivity index (χ0v) is 7.69.